The standard InChI is InChI=1S/C22H32N4O2/c1-25(2)19(18-12-13-20(27-5)21(14-18)28-6)16-24-22(26(3)4)23-15-17-10-8-7-9-11-17/h7-14,19H,15-16H2,1-6H3,(H,23,24). The predicted molar refractivity (Wildman–Crippen MR) is 115 cm³/mol. The van der Waals surface area contributed by atoms with Crippen LogP contribution in [0.1, 0.15) is 17.2 Å². The zero-order valence-corrected chi connectivity index (χ0v) is 17.8. The number of aliphatic imine (C=N–C) groups is 1. The fraction of sp³-hybridized carbons (Fsp3) is 0.409. The summed E-state index contributed by atoms with van der Waals surface area (Å²) in [6, 6.07) is 16.5. The third-order valence-corrected chi connectivity index (χ3v) is 4.55. The molecule has 0 spiro atoms. The van der Waals surface area contributed by atoms with Gasteiger partial charge in [0, 0.05) is 20.6 Å². The Morgan fingerprint density at radius 1 is 0.964 bits per heavy atom. The van der Waals surface area contributed by atoms with E-state index in [2.05, 4.69) is 42.5 Å². The topological polar surface area (TPSA) is 49.3 Å². The van der Waals surface area contributed by atoms with Crippen LogP contribution in [-0.2, 0) is 6.54 Å². The van der Waals surface area contributed by atoms with Crippen LogP contribution < -0.4 is 14.8 Å². The molecule has 2 rings (SSSR count). The molecule has 28 heavy (non-hydrogen) atoms. The first-order chi connectivity index (χ1) is 13.5. The summed E-state index contributed by atoms with van der Waals surface area (Å²) >= 11 is 0. The van der Waals surface area contributed by atoms with Crippen molar-refractivity contribution >= 4 is 5.96 Å². The molecule has 6 heteroatoms. The smallest absolute Gasteiger partial charge is 0.193 e. The van der Waals surface area contributed by atoms with Crippen molar-refractivity contribution in [1.82, 2.24) is 15.1 Å². The number of benzene rings is 2. The molecule has 0 fully saturated rings. The summed E-state index contributed by atoms with van der Waals surface area (Å²) in [6.07, 6.45) is 0. The quantitative estimate of drug-likeness (QED) is 0.560. The molecule has 0 bridgehead atoms. The number of hydrogen-bond donors (Lipinski definition) is 1. The number of rotatable bonds is 8. The number of likely N-dealkylation sites (N-methyl/N-ethyl adjacent to an activating group) is 1. The molecule has 6 nitrogen and oxygen atoms in total. The van der Waals surface area contributed by atoms with Crippen molar-refractivity contribution in [2.24, 2.45) is 4.99 Å². The molecule has 1 N–H and O–H groups in total. The molecular weight excluding hydrogens is 352 g/mol. The summed E-state index contributed by atoms with van der Waals surface area (Å²) in [7, 11) is 11.4. The van der Waals surface area contributed by atoms with Crippen molar-refractivity contribution in [1.29, 1.82) is 0 Å². The molecule has 0 amide bonds. The number of ether oxygens (including phenoxy) is 2. The van der Waals surface area contributed by atoms with Crippen molar-refractivity contribution in [2.45, 2.75) is 12.6 Å². The maximum Gasteiger partial charge on any atom is 0.193 e. The molecule has 0 aromatic heterocycles. The van der Waals surface area contributed by atoms with Crippen LogP contribution in [0.5, 0.6) is 11.5 Å². The van der Waals surface area contributed by atoms with Crippen LogP contribution in [0, 0.1) is 0 Å². The average Bonchev–Trinajstić information content (AvgIpc) is 2.70. The van der Waals surface area contributed by atoms with Crippen LogP contribution >= 0.6 is 0 Å². The third kappa shape index (κ3) is 5.89. The Kier molecular flexibility index (Phi) is 8.14. The van der Waals surface area contributed by atoms with E-state index in [9.17, 15) is 0 Å². The number of nitrogens with zero attached hydrogens (tertiary/aromatic N) is 3. The van der Waals surface area contributed by atoms with E-state index in [0.29, 0.717) is 13.1 Å². The fourth-order valence-corrected chi connectivity index (χ4v) is 2.95. The number of guanidine groups is 1. The van der Waals surface area contributed by atoms with E-state index in [1.807, 2.05) is 49.3 Å². The first kappa shape index (κ1) is 21.6. The Morgan fingerprint density at radius 3 is 2.21 bits per heavy atom. The molecule has 0 saturated carbocycles. The SMILES string of the molecule is COc1ccc(C(CNC(=NCc2ccccc2)N(C)C)N(C)C)cc1OC. The largest absolute Gasteiger partial charge is 0.493 e. The van der Waals surface area contributed by atoms with Gasteiger partial charge in [-0.05, 0) is 37.4 Å². The maximum atomic E-state index is 5.46. The van der Waals surface area contributed by atoms with Gasteiger partial charge >= 0.3 is 0 Å². The lowest BCUT2D eigenvalue weighted by molar-refractivity contribution is 0.294. The summed E-state index contributed by atoms with van der Waals surface area (Å²) < 4.78 is 10.8. The Morgan fingerprint density at radius 2 is 1.64 bits per heavy atom. The second-order valence-corrected chi connectivity index (χ2v) is 6.99. The Bertz CT molecular complexity index is 760. The molecule has 1 atom stereocenters. The van der Waals surface area contributed by atoms with E-state index in [1.54, 1.807) is 14.2 Å². The van der Waals surface area contributed by atoms with Crippen LogP contribution in [0.2, 0.25) is 0 Å². The number of nitrogens with one attached hydrogen (secondary N) is 1. The summed E-state index contributed by atoms with van der Waals surface area (Å²) in [6.45, 7) is 1.36. The predicted octanol–water partition coefficient (Wildman–Crippen LogP) is 3.01. The van der Waals surface area contributed by atoms with Gasteiger partial charge in [0.25, 0.3) is 0 Å². The molecule has 1 unspecified atom stereocenters. The van der Waals surface area contributed by atoms with E-state index in [0.717, 1.165) is 23.0 Å². The molecule has 152 valence electrons. The van der Waals surface area contributed by atoms with Gasteiger partial charge in [0.1, 0.15) is 0 Å². The van der Waals surface area contributed by atoms with Crippen LogP contribution in [0.4, 0.5) is 0 Å². The Hall–Kier alpha value is -2.73. The molecule has 0 aliphatic heterocycles. The first-order valence-corrected chi connectivity index (χ1v) is 9.34. The van der Waals surface area contributed by atoms with Crippen LogP contribution in [0.25, 0.3) is 0 Å². The van der Waals surface area contributed by atoms with Crippen molar-refractivity contribution in [2.75, 3.05) is 49.0 Å². The zero-order chi connectivity index (χ0) is 20.5. The fourth-order valence-electron chi connectivity index (χ4n) is 2.95. The minimum absolute atomic E-state index is 0.154. The van der Waals surface area contributed by atoms with Crippen molar-refractivity contribution < 1.29 is 9.47 Å². The zero-order valence-electron chi connectivity index (χ0n) is 17.8. The summed E-state index contributed by atoms with van der Waals surface area (Å²) in [5, 5.41) is 3.50. The van der Waals surface area contributed by atoms with Crippen molar-refractivity contribution in [3.63, 3.8) is 0 Å². The van der Waals surface area contributed by atoms with E-state index in [-0.39, 0.29) is 6.04 Å². The monoisotopic (exact) mass is 384 g/mol. The molecule has 0 saturated heterocycles. The second-order valence-electron chi connectivity index (χ2n) is 6.99. The van der Waals surface area contributed by atoms with Crippen LogP contribution in [0.15, 0.2) is 53.5 Å². The summed E-state index contributed by atoms with van der Waals surface area (Å²) in [4.78, 5) is 8.93. The minimum atomic E-state index is 0.154. The summed E-state index contributed by atoms with van der Waals surface area (Å²) in [5.74, 6) is 2.32. The van der Waals surface area contributed by atoms with Gasteiger partial charge in [0.05, 0.1) is 26.8 Å². The number of methoxy groups -OCH3 is 2. The molecule has 2 aromatic carbocycles. The average molecular weight is 385 g/mol. The third-order valence-electron chi connectivity index (χ3n) is 4.55. The first-order valence-electron chi connectivity index (χ1n) is 9.34. The highest BCUT2D eigenvalue weighted by Crippen LogP contribution is 2.31. The van der Waals surface area contributed by atoms with Crippen LogP contribution in [0.3, 0.4) is 0 Å². The highest BCUT2D eigenvalue weighted by molar-refractivity contribution is 5.79. The molecule has 0 heterocycles. The minimum Gasteiger partial charge on any atom is -0.493 e. The Labute approximate surface area is 168 Å². The van der Waals surface area contributed by atoms with E-state index in [4.69, 9.17) is 14.5 Å². The lowest BCUT2D eigenvalue weighted by Crippen LogP contribution is -2.41. The van der Waals surface area contributed by atoms with Crippen molar-refractivity contribution in [3.05, 3.63) is 59.7 Å². The Balaban J connectivity index is 2.14. The van der Waals surface area contributed by atoms with Gasteiger partial charge in [-0.3, -0.25) is 0 Å². The van der Waals surface area contributed by atoms with Crippen LogP contribution in [-0.4, -0.2) is 64.7 Å². The molecule has 0 radical (unpaired) electrons. The van der Waals surface area contributed by atoms with Gasteiger partial charge in [-0.1, -0.05) is 36.4 Å². The molecule has 0 aliphatic carbocycles. The highest BCUT2D eigenvalue weighted by Gasteiger charge is 2.17. The van der Waals surface area contributed by atoms with E-state index < -0.39 is 0 Å². The van der Waals surface area contributed by atoms with Gasteiger partial charge in [-0.25, -0.2) is 4.99 Å². The van der Waals surface area contributed by atoms with E-state index in [1.165, 1.54) is 5.56 Å². The van der Waals surface area contributed by atoms with Gasteiger partial charge in [-0.15, -0.1) is 0 Å². The van der Waals surface area contributed by atoms with E-state index >= 15 is 0 Å². The second kappa shape index (κ2) is 10.6. The molecule has 2 aromatic rings. The van der Waals surface area contributed by atoms with Gasteiger partial charge in [-0.2, -0.15) is 0 Å². The lowest BCUT2D eigenvalue weighted by Gasteiger charge is -2.28. The normalized spacial score (nSPS) is 12.6. The maximum absolute atomic E-state index is 5.46. The van der Waals surface area contributed by atoms with Gasteiger partial charge in [0.15, 0.2) is 17.5 Å². The van der Waals surface area contributed by atoms with Gasteiger partial charge in [0.2, 0.25) is 0 Å². The lowest BCUT2D eigenvalue weighted by atomic mass is 10.1. The molecular formula is C22H32N4O2. The highest BCUT2D eigenvalue weighted by atomic mass is 16.5. The van der Waals surface area contributed by atoms with Crippen molar-refractivity contribution in [3.8, 4) is 11.5 Å². The molecule has 0 aliphatic rings. The summed E-state index contributed by atoms with van der Waals surface area (Å²) in [5.41, 5.74) is 2.34. The van der Waals surface area contributed by atoms with Gasteiger partial charge < -0.3 is 24.6 Å². The number of hydrogen-bond acceptors (Lipinski definition) is 4.